The Kier molecular flexibility index (Phi) is 9.28. The third-order valence-electron chi connectivity index (χ3n) is 6.31. The van der Waals surface area contributed by atoms with E-state index in [4.69, 9.17) is 9.47 Å². The molecule has 0 saturated carbocycles. The topological polar surface area (TPSA) is 99.4 Å². The summed E-state index contributed by atoms with van der Waals surface area (Å²) in [5.41, 5.74) is 4.35. The lowest BCUT2D eigenvalue weighted by Crippen LogP contribution is -2.59. The van der Waals surface area contributed by atoms with E-state index in [9.17, 15) is 20.4 Å². The van der Waals surface area contributed by atoms with Gasteiger partial charge in [0.25, 0.3) is 0 Å². The van der Waals surface area contributed by atoms with Crippen LogP contribution in [0.3, 0.4) is 0 Å². The number of allylic oxidation sites excluding steroid dienone is 6. The van der Waals surface area contributed by atoms with Crippen molar-refractivity contribution in [3.63, 3.8) is 0 Å². The third kappa shape index (κ3) is 6.49. The summed E-state index contributed by atoms with van der Waals surface area (Å²) in [5.74, 6) is 0. The SMILES string of the molecule is CC1=C(/C=C/C(C)=C/CCC(C)OC2O[C@H](CO)[C@@H](O)[C@H](O)[C@H]2O)C(C)(C)CCC1. The number of ether oxygens (including phenoxy) is 2. The molecule has 1 heterocycles. The summed E-state index contributed by atoms with van der Waals surface area (Å²) < 4.78 is 11.1. The lowest BCUT2D eigenvalue weighted by molar-refractivity contribution is -0.310. The van der Waals surface area contributed by atoms with Crippen LogP contribution in [-0.4, -0.2) is 63.8 Å². The quantitative estimate of drug-likeness (QED) is 0.447. The van der Waals surface area contributed by atoms with Crippen molar-refractivity contribution in [1.29, 1.82) is 0 Å². The second-order valence-corrected chi connectivity index (χ2v) is 9.43. The van der Waals surface area contributed by atoms with E-state index in [1.165, 1.54) is 36.0 Å². The highest BCUT2D eigenvalue weighted by Gasteiger charge is 2.44. The zero-order valence-electron chi connectivity index (χ0n) is 19.0. The fourth-order valence-corrected chi connectivity index (χ4v) is 4.32. The molecular formula is C24H40O6. The summed E-state index contributed by atoms with van der Waals surface area (Å²) in [5, 5.41) is 39.0. The maximum atomic E-state index is 10.1. The van der Waals surface area contributed by atoms with Crippen molar-refractivity contribution in [2.45, 2.75) is 104 Å². The summed E-state index contributed by atoms with van der Waals surface area (Å²) in [7, 11) is 0. The molecule has 6 nitrogen and oxygen atoms in total. The molecule has 6 heteroatoms. The smallest absolute Gasteiger partial charge is 0.186 e. The van der Waals surface area contributed by atoms with Gasteiger partial charge in [-0.1, -0.05) is 43.2 Å². The van der Waals surface area contributed by atoms with Crippen LogP contribution in [-0.2, 0) is 9.47 Å². The molecular weight excluding hydrogens is 384 g/mol. The summed E-state index contributed by atoms with van der Waals surface area (Å²) >= 11 is 0. The third-order valence-corrected chi connectivity index (χ3v) is 6.31. The van der Waals surface area contributed by atoms with Gasteiger partial charge in [-0.3, -0.25) is 0 Å². The van der Waals surface area contributed by atoms with E-state index in [1.807, 2.05) is 6.92 Å². The van der Waals surface area contributed by atoms with Crippen LogP contribution in [0.15, 0.2) is 34.9 Å². The minimum absolute atomic E-state index is 0.221. The zero-order chi connectivity index (χ0) is 22.5. The first-order valence-corrected chi connectivity index (χ1v) is 11.1. The van der Waals surface area contributed by atoms with Crippen molar-refractivity contribution >= 4 is 0 Å². The Hall–Kier alpha value is -1.02. The Balaban J connectivity index is 1.86. The van der Waals surface area contributed by atoms with Gasteiger partial charge in [0.15, 0.2) is 6.29 Å². The van der Waals surface area contributed by atoms with Crippen molar-refractivity contribution < 1.29 is 29.9 Å². The van der Waals surface area contributed by atoms with Crippen molar-refractivity contribution in [3.8, 4) is 0 Å². The molecule has 0 aromatic heterocycles. The van der Waals surface area contributed by atoms with Gasteiger partial charge in [-0.2, -0.15) is 0 Å². The van der Waals surface area contributed by atoms with Gasteiger partial charge >= 0.3 is 0 Å². The molecule has 2 rings (SSSR count). The highest BCUT2D eigenvalue weighted by atomic mass is 16.7. The maximum Gasteiger partial charge on any atom is 0.186 e. The van der Waals surface area contributed by atoms with Crippen LogP contribution in [0, 0.1) is 5.41 Å². The van der Waals surface area contributed by atoms with Crippen LogP contribution in [0.4, 0.5) is 0 Å². The lowest BCUT2D eigenvalue weighted by Gasteiger charge is -2.40. The molecule has 30 heavy (non-hydrogen) atoms. The van der Waals surface area contributed by atoms with Gasteiger partial charge in [-0.05, 0) is 63.9 Å². The molecule has 1 saturated heterocycles. The second kappa shape index (κ2) is 11.0. The molecule has 1 aliphatic heterocycles. The minimum atomic E-state index is -1.41. The van der Waals surface area contributed by atoms with Gasteiger partial charge < -0.3 is 29.9 Å². The van der Waals surface area contributed by atoms with Crippen LogP contribution in [0.2, 0.25) is 0 Å². The molecule has 2 aliphatic rings. The first-order chi connectivity index (χ1) is 14.1. The van der Waals surface area contributed by atoms with Crippen molar-refractivity contribution in [3.05, 3.63) is 34.9 Å². The molecule has 4 N–H and O–H groups in total. The number of hydrogen-bond acceptors (Lipinski definition) is 6. The summed E-state index contributed by atoms with van der Waals surface area (Å²) in [4.78, 5) is 0. The Labute approximate surface area is 180 Å². The van der Waals surface area contributed by atoms with E-state index >= 15 is 0 Å². The maximum absolute atomic E-state index is 10.1. The summed E-state index contributed by atoms with van der Waals surface area (Å²) in [6.45, 7) is 10.4. The molecule has 0 aromatic carbocycles. The van der Waals surface area contributed by atoms with Crippen LogP contribution in [0.1, 0.15) is 66.7 Å². The molecule has 172 valence electrons. The first kappa shape index (κ1) is 25.2. The van der Waals surface area contributed by atoms with Crippen molar-refractivity contribution in [1.82, 2.24) is 0 Å². The molecule has 0 bridgehead atoms. The van der Waals surface area contributed by atoms with Crippen LogP contribution >= 0.6 is 0 Å². The average Bonchev–Trinajstić information content (AvgIpc) is 2.67. The minimum Gasteiger partial charge on any atom is -0.394 e. The molecule has 0 aromatic rings. The fourth-order valence-electron chi connectivity index (χ4n) is 4.32. The number of aliphatic hydroxyl groups is 4. The predicted molar refractivity (Wildman–Crippen MR) is 117 cm³/mol. The Bertz CT molecular complexity index is 648. The monoisotopic (exact) mass is 424 g/mol. The van der Waals surface area contributed by atoms with Crippen LogP contribution < -0.4 is 0 Å². The predicted octanol–water partition coefficient (Wildman–Crippen LogP) is 3.00. The number of aliphatic hydroxyl groups excluding tert-OH is 4. The van der Waals surface area contributed by atoms with Crippen LogP contribution in [0.25, 0.3) is 0 Å². The van der Waals surface area contributed by atoms with E-state index in [0.29, 0.717) is 6.42 Å². The largest absolute Gasteiger partial charge is 0.394 e. The average molecular weight is 425 g/mol. The number of hydrogen-bond donors (Lipinski definition) is 4. The highest BCUT2D eigenvalue weighted by molar-refractivity contribution is 5.35. The summed E-state index contributed by atoms with van der Waals surface area (Å²) in [6.07, 6.45) is 5.38. The molecule has 1 aliphatic carbocycles. The van der Waals surface area contributed by atoms with Gasteiger partial charge in [0.05, 0.1) is 12.7 Å². The summed E-state index contributed by atoms with van der Waals surface area (Å²) in [6, 6.07) is 0. The van der Waals surface area contributed by atoms with Gasteiger partial charge in [0.2, 0.25) is 0 Å². The standard InChI is InChI=1S/C24H40O6/c1-15(11-12-18-16(2)9-7-13-24(18,4)5)8-6-10-17(3)29-23-22(28)21(27)20(26)19(14-25)30-23/h8,11-12,17,19-23,25-28H,6-7,9-10,13-14H2,1-5H3/b12-11+,15-8+/t17?,19-,20-,21+,22-,23?/m1/s1. The lowest BCUT2D eigenvalue weighted by atomic mass is 9.72. The molecule has 1 fully saturated rings. The van der Waals surface area contributed by atoms with Gasteiger partial charge in [-0.25, -0.2) is 0 Å². The zero-order valence-corrected chi connectivity index (χ0v) is 19.0. The van der Waals surface area contributed by atoms with E-state index in [2.05, 4.69) is 45.9 Å². The van der Waals surface area contributed by atoms with E-state index in [1.54, 1.807) is 0 Å². The highest BCUT2D eigenvalue weighted by Crippen LogP contribution is 2.40. The van der Waals surface area contributed by atoms with Gasteiger partial charge in [0, 0.05) is 0 Å². The molecule has 0 spiro atoms. The Morgan fingerprint density at radius 2 is 1.93 bits per heavy atom. The Morgan fingerprint density at radius 1 is 1.23 bits per heavy atom. The fraction of sp³-hybridized carbons (Fsp3) is 0.750. The van der Waals surface area contributed by atoms with E-state index < -0.39 is 37.3 Å². The molecule has 6 atom stereocenters. The van der Waals surface area contributed by atoms with Gasteiger partial charge in [0.1, 0.15) is 24.4 Å². The number of rotatable bonds is 8. The van der Waals surface area contributed by atoms with E-state index in [-0.39, 0.29) is 11.5 Å². The normalized spacial score (nSPS) is 33.9. The molecule has 0 amide bonds. The van der Waals surface area contributed by atoms with E-state index in [0.717, 1.165) is 6.42 Å². The first-order valence-electron chi connectivity index (χ1n) is 11.1. The molecule has 0 radical (unpaired) electrons. The van der Waals surface area contributed by atoms with Crippen molar-refractivity contribution in [2.75, 3.05) is 6.61 Å². The Morgan fingerprint density at radius 3 is 2.57 bits per heavy atom. The van der Waals surface area contributed by atoms with Crippen molar-refractivity contribution in [2.24, 2.45) is 5.41 Å². The van der Waals surface area contributed by atoms with Gasteiger partial charge in [-0.15, -0.1) is 0 Å². The van der Waals surface area contributed by atoms with Crippen LogP contribution in [0.5, 0.6) is 0 Å². The second-order valence-electron chi connectivity index (χ2n) is 9.43. The molecule has 2 unspecified atom stereocenters.